The number of phenolic OH excluding ortho intramolecular Hbond substituents is 1. The number of aromatic hydroxyl groups is 1. The van der Waals surface area contributed by atoms with Gasteiger partial charge < -0.3 is 35.0 Å². The Labute approximate surface area is 322 Å². The number of piperazine rings is 1. The van der Waals surface area contributed by atoms with Gasteiger partial charge in [0.2, 0.25) is 11.8 Å². The van der Waals surface area contributed by atoms with Crippen molar-refractivity contribution >= 4 is 34.7 Å². The first-order valence-electron chi connectivity index (χ1n) is 18.9. The van der Waals surface area contributed by atoms with Crippen molar-refractivity contribution in [1.82, 2.24) is 39.9 Å². The van der Waals surface area contributed by atoms with Gasteiger partial charge in [-0.25, -0.2) is 14.8 Å². The molecule has 6 rings (SSSR count). The van der Waals surface area contributed by atoms with Gasteiger partial charge in [0.05, 0.1) is 24.2 Å². The smallest absolute Gasteiger partial charge is 0.334 e. The molecule has 290 valence electrons. The number of carbonyl (C=O) groups excluding carboxylic acids is 4. The molecule has 2 saturated heterocycles. The Bertz CT molecular complexity index is 2010. The van der Waals surface area contributed by atoms with Crippen molar-refractivity contribution in [2.75, 3.05) is 39.8 Å². The number of para-hydroxylation sites is 1. The number of carbonyl (C=O) groups is 4. The summed E-state index contributed by atoms with van der Waals surface area (Å²) < 4.78 is 1.93. The van der Waals surface area contributed by atoms with E-state index in [0.29, 0.717) is 18.2 Å². The second-order valence-electron chi connectivity index (χ2n) is 14.7. The van der Waals surface area contributed by atoms with Gasteiger partial charge in [-0.05, 0) is 41.8 Å². The van der Waals surface area contributed by atoms with E-state index in [1.165, 1.54) is 0 Å². The zero-order chi connectivity index (χ0) is 39.2. The number of hydrogen-bond acceptors (Lipinski definition) is 7. The van der Waals surface area contributed by atoms with E-state index in [-0.39, 0.29) is 62.6 Å². The second kappa shape index (κ2) is 17.2. The first-order valence-corrected chi connectivity index (χ1v) is 18.9. The number of aryl methyl sites for hydroxylation is 1. The molecule has 0 bridgehead atoms. The summed E-state index contributed by atoms with van der Waals surface area (Å²) in [7, 11) is 3.71. The average molecular weight is 749 g/mol. The molecule has 4 aromatic rings. The van der Waals surface area contributed by atoms with Crippen molar-refractivity contribution in [1.29, 1.82) is 0 Å². The van der Waals surface area contributed by atoms with Crippen LogP contribution in [0.3, 0.4) is 0 Å². The molecule has 3 aromatic carbocycles. The number of rotatable bonds is 14. The van der Waals surface area contributed by atoms with Crippen molar-refractivity contribution in [2.45, 2.75) is 58.0 Å². The normalized spacial score (nSPS) is 17.5. The van der Waals surface area contributed by atoms with E-state index in [9.17, 15) is 24.3 Å². The molecule has 2 fully saturated rings. The lowest BCUT2D eigenvalue weighted by Gasteiger charge is -2.55. The number of benzene rings is 3. The number of phenols is 1. The molecule has 2 atom stereocenters. The first kappa shape index (κ1) is 39.0. The Morgan fingerprint density at radius 2 is 1.76 bits per heavy atom. The summed E-state index contributed by atoms with van der Waals surface area (Å²) >= 11 is 0. The van der Waals surface area contributed by atoms with Crippen molar-refractivity contribution in [2.24, 2.45) is 7.05 Å². The van der Waals surface area contributed by atoms with Gasteiger partial charge in [0.25, 0.3) is 5.91 Å². The van der Waals surface area contributed by atoms with Gasteiger partial charge in [-0.2, -0.15) is 0 Å². The number of aromatic nitrogens is 1. The van der Waals surface area contributed by atoms with Crippen LogP contribution in [0.5, 0.6) is 5.75 Å². The van der Waals surface area contributed by atoms with Crippen LogP contribution in [0.15, 0.2) is 91.6 Å². The van der Waals surface area contributed by atoms with Crippen LogP contribution >= 0.6 is 0 Å². The Morgan fingerprint density at radius 3 is 2.47 bits per heavy atom. The SMILES string of the molecule is C=CCN1CC(=O)N2[C@@H](Cc3ccc(O)cc3)C(=O)N(Cc3cccc4c(C(=O)N(C)CCCNC(C)C)cn(C)c34)C[C@@H]2N1C(=O)NCc1ccccc1. The maximum atomic E-state index is 14.6. The molecule has 2 aliphatic rings. The summed E-state index contributed by atoms with van der Waals surface area (Å²) in [6.07, 6.45) is 3.68. The molecule has 5 amide bonds. The minimum absolute atomic E-state index is 0.0583. The van der Waals surface area contributed by atoms with Gasteiger partial charge in [-0.3, -0.25) is 14.4 Å². The van der Waals surface area contributed by atoms with E-state index >= 15 is 0 Å². The molecular formula is C42H52N8O5. The van der Waals surface area contributed by atoms with Crippen LogP contribution < -0.4 is 10.6 Å². The van der Waals surface area contributed by atoms with E-state index in [0.717, 1.165) is 40.6 Å². The number of hydrogen-bond donors (Lipinski definition) is 3. The average Bonchev–Trinajstić information content (AvgIpc) is 3.51. The van der Waals surface area contributed by atoms with Gasteiger partial charge in [-0.15, -0.1) is 6.58 Å². The third-order valence-corrected chi connectivity index (χ3v) is 10.3. The van der Waals surface area contributed by atoms with Crippen LogP contribution in [0.2, 0.25) is 0 Å². The maximum Gasteiger partial charge on any atom is 0.334 e. The Kier molecular flexibility index (Phi) is 12.2. The lowest BCUT2D eigenvalue weighted by molar-refractivity contribution is -0.189. The Hall–Kier alpha value is -5.66. The lowest BCUT2D eigenvalue weighted by Crippen LogP contribution is -2.76. The van der Waals surface area contributed by atoms with Crippen molar-refractivity contribution < 1.29 is 24.3 Å². The van der Waals surface area contributed by atoms with Crippen molar-refractivity contribution in [3.05, 3.63) is 114 Å². The molecule has 13 heteroatoms. The summed E-state index contributed by atoms with van der Waals surface area (Å²) in [5, 5.41) is 20.4. The third kappa shape index (κ3) is 8.68. The second-order valence-corrected chi connectivity index (χ2v) is 14.7. The van der Waals surface area contributed by atoms with E-state index < -0.39 is 18.2 Å². The van der Waals surface area contributed by atoms with Crippen molar-refractivity contribution in [3.63, 3.8) is 0 Å². The molecule has 3 heterocycles. The number of urea groups is 1. The standard InChI is InChI=1S/C42H52N8O5/c1-6-21-48-28-38(52)49-36(23-30-16-18-33(51)19-17-30)41(54)47(27-37(49)50(48)42(55)44-24-31-12-8-7-9-13-31)25-32-14-10-15-34-35(26-46(5)39(32)34)40(53)45(4)22-11-20-43-29(2)3/h6-10,12-19,26,29,36-37,43,51H,1,11,20-25,27-28H2,2-5H3,(H,44,55)/t36-,37-/m0/s1. The summed E-state index contributed by atoms with van der Waals surface area (Å²) in [6, 6.07) is 21.0. The fourth-order valence-corrected chi connectivity index (χ4v) is 7.62. The quantitative estimate of drug-likeness (QED) is 0.131. The molecule has 1 aromatic heterocycles. The molecule has 55 heavy (non-hydrogen) atoms. The van der Waals surface area contributed by atoms with Gasteiger partial charge in [0, 0.05) is 64.3 Å². The van der Waals surface area contributed by atoms with Gasteiger partial charge in [0.1, 0.15) is 18.0 Å². The summed E-state index contributed by atoms with van der Waals surface area (Å²) in [5.74, 6) is -0.508. The molecule has 0 aliphatic carbocycles. The zero-order valence-corrected chi connectivity index (χ0v) is 32.1. The van der Waals surface area contributed by atoms with E-state index in [4.69, 9.17) is 0 Å². The molecule has 13 nitrogen and oxygen atoms in total. The highest BCUT2D eigenvalue weighted by molar-refractivity contribution is 6.07. The molecule has 0 unspecified atom stereocenters. The lowest BCUT2D eigenvalue weighted by atomic mass is 9.98. The molecule has 3 N–H and O–H groups in total. The summed E-state index contributed by atoms with van der Waals surface area (Å²) in [4.78, 5) is 61.6. The highest BCUT2D eigenvalue weighted by Gasteiger charge is 2.51. The zero-order valence-electron chi connectivity index (χ0n) is 32.1. The Balaban J connectivity index is 1.33. The number of fused-ring (bicyclic) bond motifs is 2. The van der Waals surface area contributed by atoms with Gasteiger partial charge in [-0.1, -0.05) is 80.6 Å². The van der Waals surface area contributed by atoms with E-state index in [2.05, 4.69) is 31.1 Å². The van der Waals surface area contributed by atoms with Gasteiger partial charge in [0.15, 0.2) is 0 Å². The first-order chi connectivity index (χ1) is 26.5. The minimum atomic E-state index is -0.922. The van der Waals surface area contributed by atoms with Gasteiger partial charge >= 0.3 is 6.03 Å². The van der Waals surface area contributed by atoms with Crippen molar-refractivity contribution in [3.8, 4) is 5.75 Å². The number of nitrogens with one attached hydrogen (secondary N) is 2. The summed E-state index contributed by atoms with van der Waals surface area (Å²) in [6.45, 7) is 10.1. The summed E-state index contributed by atoms with van der Waals surface area (Å²) in [5.41, 5.74) is 3.92. The van der Waals surface area contributed by atoms with Crippen LogP contribution in [-0.4, -0.2) is 116 Å². The predicted octanol–water partition coefficient (Wildman–Crippen LogP) is 4.08. The predicted molar refractivity (Wildman–Crippen MR) is 212 cm³/mol. The maximum absolute atomic E-state index is 14.6. The fraction of sp³-hybridized carbons (Fsp3) is 0.381. The fourth-order valence-electron chi connectivity index (χ4n) is 7.62. The number of amides is 5. The third-order valence-electron chi connectivity index (χ3n) is 10.3. The highest BCUT2D eigenvalue weighted by Crippen LogP contribution is 2.32. The van der Waals surface area contributed by atoms with E-state index in [1.54, 1.807) is 55.1 Å². The largest absolute Gasteiger partial charge is 0.508 e. The van der Waals surface area contributed by atoms with Crippen LogP contribution in [0.25, 0.3) is 10.9 Å². The topological polar surface area (TPSA) is 134 Å². The molecular weight excluding hydrogens is 697 g/mol. The van der Waals surface area contributed by atoms with Crippen LogP contribution in [0.4, 0.5) is 4.79 Å². The molecule has 2 aliphatic heterocycles. The minimum Gasteiger partial charge on any atom is -0.508 e. The van der Waals surface area contributed by atoms with E-state index in [1.807, 2.05) is 73.4 Å². The molecule has 0 saturated carbocycles. The molecule has 0 radical (unpaired) electrons. The van der Waals surface area contributed by atoms with Crippen LogP contribution in [0.1, 0.15) is 47.3 Å². The van der Waals surface area contributed by atoms with Crippen LogP contribution in [-0.2, 0) is 36.1 Å². The number of nitrogens with zero attached hydrogens (tertiary/aromatic N) is 6. The number of hydrazine groups is 1. The molecule has 0 spiro atoms. The monoisotopic (exact) mass is 748 g/mol. The Morgan fingerprint density at radius 1 is 1.02 bits per heavy atom. The highest BCUT2D eigenvalue weighted by atomic mass is 16.3. The van der Waals surface area contributed by atoms with Crippen LogP contribution in [0, 0.1) is 0 Å².